The molecule has 0 aromatic heterocycles. The molecule has 7 heteroatoms. The molecule has 0 fully saturated rings. The van der Waals surface area contributed by atoms with E-state index in [0.29, 0.717) is 28.8 Å². The molecule has 1 aromatic carbocycles. The summed E-state index contributed by atoms with van der Waals surface area (Å²) in [6.07, 6.45) is 1.60. The van der Waals surface area contributed by atoms with Crippen LogP contribution >= 0.6 is 0 Å². The van der Waals surface area contributed by atoms with Crippen LogP contribution in [0.1, 0.15) is 38.3 Å². The summed E-state index contributed by atoms with van der Waals surface area (Å²) in [7, 11) is 2.84. The summed E-state index contributed by atoms with van der Waals surface area (Å²) < 4.78 is 10.7. The van der Waals surface area contributed by atoms with Gasteiger partial charge >= 0.3 is 12.1 Å². The van der Waals surface area contributed by atoms with Gasteiger partial charge in [0.25, 0.3) is 5.91 Å². The van der Waals surface area contributed by atoms with Gasteiger partial charge < -0.3 is 14.8 Å². The number of hydrogen-bond donors (Lipinski definition) is 1. The van der Waals surface area contributed by atoms with Crippen LogP contribution in [0.5, 0.6) is 0 Å². The maximum atomic E-state index is 12.9. The number of nitrogens with one attached hydrogen (secondary N) is 1. The number of benzene rings is 1. The van der Waals surface area contributed by atoms with Crippen LogP contribution in [0.2, 0.25) is 0 Å². The average Bonchev–Trinajstić information content (AvgIpc) is 3.03. The van der Waals surface area contributed by atoms with Gasteiger partial charge in [0.2, 0.25) is 0 Å². The fourth-order valence-corrected chi connectivity index (χ4v) is 3.71. The Kier molecular flexibility index (Phi) is 5.14. The predicted molar refractivity (Wildman–Crippen MR) is 108 cm³/mol. The van der Waals surface area contributed by atoms with E-state index in [1.807, 2.05) is 12.1 Å². The molecule has 1 aromatic rings. The first kappa shape index (κ1) is 20.5. The summed E-state index contributed by atoms with van der Waals surface area (Å²) >= 11 is 0. The molecule has 1 N–H and O–H groups in total. The molecule has 1 aliphatic heterocycles. The van der Waals surface area contributed by atoms with Crippen LogP contribution in [0.25, 0.3) is 5.57 Å². The maximum absolute atomic E-state index is 12.9. The molecule has 0 saturated heterocycles. The maximum Gasteiger partial charge on any atom is 0.414 e. The zero-order chi connectivity index (χ0) is 21.4. The van der Waals surface area contributed by atoms with Crippen molar-refractivity contribution >= 4 is 29.2 Å². The number of carbonyl (C=O) groups is 3. The summed E-state index contributed by atoms with van der Waals surface area (Å²) in [5, 5.41) is 2.46. The van der Waals surface area contributed by atoms with Crippen LogP contribution in [0.4, 0.5) is 10.5 Å². The third kappa shape index (κ3) is 3.58. The fraction of sp³-hybridized carbons (Fsp3) is 0.409. The fourth-order valence-electron chi connectivity index (χ4n) is 3.71. The second-order valence-electron chi connectivity index (χ2n) is 7.99. The van der Waals surface area contributed by atoms with Crippen LogP contribution in [-0.4, -0.2) is 44.3 Å². The molecule has 2 amide bonds. The highest BCUT2D eigenvalue weighted by Gasteiger charge is 2.54. The van der Waals surface area contributed by atoms with Crippen LogP contribution < -0.4 is 10.2 Å². The van der Waals surface area contributed by atoms with Crippen molar-refractivity contribution in [2.45, 2.75) is 38.2 Å². The largest absolute Gasteiger partial charge is 0.468 e. The molecule has 0 saturated carbocycles. The lowest BCUT2D eigenvalue weighted by Crippen LogP contribution is -2.45. The summed E-state index contributed by atoms with van der Waals surface area (Å²) in [6.45, 7) is 5.49. The van der Waals surface area contributed by atoms with Gasteiger partial charge in [0.15, 0.2) is 0 Å². The Labute approximate surface area is 170 Å². The second-order valence-corrected chi connectivity index (χ2v) is 7.99. The molecular weight excluding hydrogens is 372 g/mol. The van der Waals surface area contributed by atoms with Gasteiger partial charge in [-0.15, -0.1) is 0 Å². The highest BCUT2D eigenvalue weighted by Crippen LogP contribution is 2.50. The Hall–Kier alpha value is -3.27. The highest BCUT2D eigenvalue weighted by atomic mass is 16.6. The van der Waals surface area contributed by atoms with Crippen molar-refractivity contribution in [1.29, 1.82) is 0 Å². The van der Waals surface area contributed by atoms with Gasteiger partial charge in [-0.1, -0.05) is 24.1 Å². The molecule has 1 heterocycles. The van der Waals surface area contributed by atoms with Crippen molar-refractivity contribution in [3.05, 3.63) is 35.4 Å². The van der Waals surface area contributed by atoms with E-state index in [4.69, 9.17) is 9.47 Å². The van der Waals surface area contributed by atoms with Gasteiger partial charge in [0, 0.05) is 30.6 Å². The van der Waals surface area contributed by atoms with Gasteiger partial charge in [-0.3, -0.25) is 14.5 Å². The van der Waals surface area contributed by atoms with E-state index in [-0.39, 0.29) is 6.54 Å². The average molecular weight is 396 g/mol. The first-order valence-electron chi connectivity index (χ1n) is 9.29. The third-order valence-corrected chi connectivity index (χ3v) is 4.91. The Balaban J connectivity index is 2.13. The van der Waals surface area contributed by atoms with E-state index in [2.05, 4.69) is 17.2 Å². The number of amides is 2. The molecule has 7 nitrogen and oxygen atoms in total. The molecule has 2 aliphatic rings. The SMILES string of the molecule is CNC(=O)C#CC1=CCC2(C(=O)OC)CN(C(=O)OC(C)(C)C)c3cccc1c32. The highest BCUT2D eigenvalue weighted by molar-refractivity contribution is 6.04. The van der Waals surface area contributed by atoms with Crippen molar-refractivity contribution in [2.24, 2.45) is 0 Å². The van der Waals surface area contributed by atoms with Gasteiger partial charge in [-0.05, 0) is 38.8 Å². The molecule has 1 aliphatic carbocycles. The molecule has 152 valence electrons. The normalized spacial score (nSPS) is 19.3. The number of ether oxygens (including phenoxy) is 2. The van der Waals surface area contributed by atoms with Gasteiger partial charge in [-0.2, -0.15) is 0 Å². The number of carbonyl (C=O) groups excluding carboxylic acids is 3. The van der Waals surface area contributed by atoms with Gasteiger partial charge in [0.1, 0.15) is 11.0 Å². The van der Waals surface area contributed by atoms with Crippen molar-refractivity contribution in [3.8, 4) is 11.8 Å². The topological polar surface area (TPSA) is 84.9 Å². The number of hydrogen-bond acceptors (Lipinski definition) is 5. The van der Waals surface area contributed by atoms with E-state index in [0.717, 1.165) is 0 Å². The van der Waals surface area contributed by atoms with E-state index in [9.17, 15) is 14.4 Å². The molecule has 3 rings (SSSR count). The number of allylic oxidation sites excluding steroid dienone is 2. The molecule has 1 atom stereocenters. The van der Waals surface area contributed by atoms with E-state index in [1.54, 1.807) is 32.9 Å². The molecule has 29 heavy (non-hydrogen) atoms. The van der Waals surface area contributed by atoms with Crippen molar-refractivity contribution in [1.82, 2.24) is 5.32 Å². The first-order chi connectivity index (χ1) is 13.6. The van der Waals surface area contributed by atoms with E-state index in [1.165, 1.54) is 19.1 Å². The molecule has 0 bridgehead atoms. The monoisotopic (exact) mass is 396 g/mol. The minimum atomic E-state index is -1.03. The zero-order valence-electron chi connectivity index (χ0n) is 17.2. The van der Waals surface area contributed by atoms with Crippen LogP contribution in [0.15, 0.2) is 24.3 Å². The number of esters is 1. The lowest BCUT2D eigenvalue weighted by Gasteiger charge is -2.30. The Morgan fingerprint density at radius 3 is 2.59 bits per heavy atom. The molecule has 0 spiro atoms. The first-order valence-corrected chi connectivity index (χ1v) is 9.29. The summed E-state index contributed by atoms with van der Waals surface area (Å²) in [4.78, 5) is 38.7. The smallest absolute Gasteiger partial charge is 0.414 e. The molecular formula is C22H24N2O5. The summed E-state index contributed by atoms with van der Waals surface area (Å²) in [5.41, 5.74) is 0.914. The minimum absolute atomic E-state index is 0.119. The Bertz CT molecular complexity index is 977. The number of rotatable bonds is 1. The standard InChI is InChI=1S/C22H24N2O5/c1-21(2,3)29-20(27)24-13-22(19(26)28-5)12-11-14(9-10-17(25)23-4)15-7-6-8-16(24)18(15)22/h6-8,11H,12-13H2,1-5H3,(H,23,25). The number of methoxy groups -OCH3 is 1. The lowest BCUT2D eigenvalue weighted by molar-refractivity contribution is -0.146. The lowest BCUT2D eigenvalue weighted by atomic mass is 9.72. The van der Waals surface area contributed by atoms with Crippen molar-refractivity contribution < 1.29 is 23.9 Å². The molecule has 1 unspecified atom stereocenters. The summed E-state index contributed by atoms with van der Waals surface area (Å²) in [6, 6.07) is 5.40. The number of nitrogens with zero attached hydrogens (tertiary/aromatic N) is 1. The van der Waals surface area contributed by atoms with Crippen LogP contribution in [0.3, 0.4) is 0 Å². The quantitative estimate of drug-likeness (QED) is 0.582. The van der Waals surface area contributed by atoms with Crippen LogP contribution in [-0.2, 0) is 24.5 Å². The summed E-state index contributed by atoms with van der Waals surface area (Å²) in [5.74, 6) is 4.57. The predicted octanol–water partition coefficient (Wildman–Crippen LogP) is 2.39. The molecule has 0 radical (unpaired) electrons. The second kappa shape index (κ2) is 7.28. The minimum Gasteiger partial charge on any atom is -0.468 e. The Morgan fingerprint density at radius 2 is 1.97 bits per heavy atom. The number of anilines is 1. The van der Waals surface area contributed by atoms with Crippen molar-refractivity contribution in [2.75, 3.05) is 25.6 Å². The third-order valence-electron chi connectivity index (χ3n) is 4.91. The van der Waals surface area contributed by atoms with E-state index < -0.39 is 29.0 Å². The Morgan fingerprint density at radius 1 is 1.24 bits per heavy atom. The van der Waals surface area contributed by atoms with E-state index >= 15 is 0 Å². The zero-order valence-corrected chi connectivity index (χ0v) is 17.2. The van der Waals surface area contributed by atoms with Crippen LogP contribution in [0, 0.1) is 11.8 Å². The van der Waals surface area contributed by atoms with Gasteiger partial charge in [0.05, 0.1) is 12.8 Å². The van der Waals surface area contributed by atoms with Crippen molar-refractivity contribution in [3.63, 3.8) is 0 Å². The van der Waals surface area contributed by atoms with Gasteiger partial charge in [-0.25, -0.2) is 4.79 Å².